The number of carbonyl (C=O) groups is 2. The second kappa shape index (κ2) is 9.18. The number of fused-ring (bicyclic) bond motifs is 1. The summed E-state index contributed by atoms with van der Waals surface area (Å²) in [7, 11) is 0. The molecule has 9 nitrogen and oxygen atoms in total. The Hall–Kier alpha value is -4.25. The maximum Gasteiger partial charge on any atom is 0.270 e. The second-order valence-electron chi connectivity index (χ2n) is 8.03. The quantitative estimate of drug-likeness (QED) is 0.293. The zero-order valence-corrected chi connectivity index (χ0v) is 19.0. The minimum Gasteiger partial charge on any atom is -0.312 e. The van der Waals surface area contributed by atoms with Crippen molar-refractivity contribution in [2.45, 2.75) is 13.0 Å². The highest BCUT2D eigenvalue weighted by Crippen LogP contribution is 2.34. The minimum absolute atomic E-state index is 0.00525. The van der Waals surface area contributed by atoms with E-state index < -0.39 is 16.7 Å². The van der Waals surface area contributed by atoms with Crippen LogP contribution in [0.2, 0.25) is 0 Å². The van der Waals surface area contributed by atoms with E-state index in [9.17, 15) is 24.1 Å². The van der Waals surface area contributed by atoms with E-state index in [1.54, 1.807) is 24.4 Å². The number of hydrogen-bond donors (Lipinski definition) is 0. The number of non-ortho nitro benzene ring substituents is 1. The molecule has 0 spiro atoms. The van der Waals surface area contributed by atoms with Gasteiger partial charge in [-0.15, -0.1) is 0 Å². The summed E-state index contributed by atoms with van der Waals surface area (Å²) in [4.78, 5) is 48.9. The molecule has 1 atom stereocenters. The highest BCUT2D eigenvalue weighted by molar-refractivity contribution is 7.22. The molecule has 2 aromatic carbocycles. The predicted molar refractivity (Wildman–Crippen MR) is 129 cm³/mol. The molecule has 3 heterocycles. The number of halogens is 1. The van der Waals surface area contributed by atoms with Crippen LogP contribution in [0.25, 0.3) is 10.2 Å². The number of rotatable bonds is 6. The zero-order valence-electron chi connectivity index (χ0n) is 18.2. The largest absolute Gasteiger partial charge is 0.312 e. The molecule has 2 amide bonds. The van der Waals surface area contributed by atoms with Gasteiger partial charge in [-0.05, 0) is 42.5 Å². The fraction of sp³-hybridized carbons (Fsp3) is 0.167. The van der Waals surface area contributed by atoms with E-state index >= 15 is 0 Å². The van der Waals surface area contributed by atoms with E-state index in [1.165, 1.54) is 46.2 Å². The SMILES string of the molecule is O=C1CC(C(=O)N(Cc2ccccn2)c2nc3ccc([N+](=O)[O-])cc3s2)CN1c1ccc(F)cc1. The molecule has 1 saturated heterocycles. The van der Waals surface area contributed by atoms with Crippen LogP contribution in [-0.4, -0.2) is 33.3 Å². The van der Waals surface area contributed by atoms with E-state index in [1.807, 2.05) is 6.07 Å². The molecule has 1 unspecified atom stereocenters. The summed E-state index contributed by atoms with van der Waals surface area (Å²) in [5.41, 5.74) is 1.62. The average Bonchev–Trinajstić information content (AvgIpc) is 3.46. The average molecular weight is 492 g/mol. The van der Waals surface area contributed by atoms with Crippen LogP contribution in [0.1, 0.15) is 12.1 Å². The molecule has 4 aromatic rings. The first-order chi connectivity index (χ1) is 16.9. The molecule has 2 aromatic heterocycles. The van der Waals surface area contributed by atoms with Crippen molar-refractivity contribution in [3.63, 3.8) is 0 Å². The van der Waals surface area contributed by atoms with Gasteiger partial charge in [0.25, 0.3) is 5.69 Å². The number of thiazole rings is 1. The molecular weight excluding hydrogens is 473 g/mol. The standard InChI is InChI=1S/C24H18FN5O4S/c25-16-4-6-18(7-5-16)28-13-15(11-22(28)31)23(32)29(14-17-3-1-2-10-26-17)24-27-20-9-8-19(30(33)34)12-21(20)35-24/h1-10,12,15H,11,13-14H2. The molecule has 1 aliphatic heterocycles. The first-order valence-electron chi connectivity index (χ1n) is 10.7. The van der Waals surface area contributed by atoms with E-state index in [4.69, 9.17) is 0 Å². The van der Waals surface area contributed by atoms with Crippen LogP contribution >= 0.6 is 11.3 Å². The molecule has 176 valence electrons. The second-order valence-corrected chi connectivity index (χ2v) is 9.04. The van der Waals surface area contributed by atoms with Crippen molar-refractivity contribution in [2.75, 3.05) is 16.3 Å². The van der Waals surface area contributed by atoms with Gasteiger partial charge in [0.2, 0.25) is 11.8 Å². The van der Waals surface area contributed by atoms with Crippen molar-refractivity contribution in [1.82, 2.24) is 9.97 Å². The molecule has 5 rings (SSSR count). The number of nitro groups is 1. The zero-order chi connectivity index (χ0) is 24.5. The summed E-state index contributed by atoms with van der Waals surface area (Å²) in [5, 5.41) is 11.5. The summed E-state index contributed by atoms with van der Waals surface area (Å²) in [5.74, 6) is -1.59. The highest BCUT2D eigenvalue weighted by atomic mass is 32.1. The number of aromatic nitrogens is 2. The van der Waals surface area contributed by atoms with E-state index in [0.717, 1.165) is 11.3 Å². The fourth-order valence-corrected chi connectivity index (χ4v) is 4.99. The molecule has 1 aliphatic rings. The molecule has 35 heavy (non-hydrogen) atoms. The van der Waals surface area contributed by atoms with Crippen LogP contribution in [0.3, 0.4) is 0 Å². The van der Waals surface area contributed by atoms with Gasteiger partial charge in [0.15, 0.2) is 5.13 Å². The van der Waals surface area contributed by atoms with Gasteiger partial charge in [-0.3, -0.25) is 29.6 Å². The lowest BCUT2D eigenvalue weighted by atomic mass is 10.1. The monoisotopic (exact) mass is 491 g/mol. The Kier molecular flexibility index (Phi) is 5.91. The molecule has 11 heteroatoms. The van der Waals surface area contributed by atoms with E-state index in [2.05, 4.69) is 9.97 Å². The summed E-state index contributed by atoms with van der Waals surface area (Å²) < 4.78 is 13.9. The summed E-state index contributed by atoms with van der Waals surface area (Å²) in [6.07, 6.45) is 1.63. The molecule has 0 N–H and O–H groups in total. The van der Waals surface area contributed by atoms with Gasteiger partial charge in [-0.2, -0.15) is 0 Å². The van der Waals surface area contributed by atoms with Crippen LogP contribution in [0.5, 0.6) is 0 Å². The van der Waals surface area contributed by atoms with Crippen molar-refractivity contribution >= 4 is 49.9 Å². The van der Waals surface area contributed by atoms with E-state index in [-0.39, 0.29) is 37.0 Å². The number of anilines is 2. The van der Waals surface area contributed by atoms with Gasteiger partial charge in [-0.1, -0.05) is 17.4 Å². The number of carbonyl (C=O) groups excluding carboxylic acids is 2. The lowest BCUT2D eigenvalue weighted by Gasteiger charge is -2.23. The first-order valence-corrected chi connectivity index (χ1v) is 11.5. The van der Waals surface area contributed by atoms with Crippen molar-refractivity contribution in [1.29, 1.82) is 0 Å². The van der Waals surface area contributed by atoms with Gasteiger partial charge < -0.3 is 4.90 Å². The third kappa shape index (κ3) is 4.58. The molecular formula is C24H18FN5O4S. The van der Waals surface area contributed by atoms with Crippen molar-refractivity contribution in [3.8, 4) is 0 Å². The van der Waals surface area contributed by atoms with Crippen molar-refractivity contribution < 1.29 is 18.9 Å². The Labute approximate surface area is 202 Å². The number of hydrogen-bond acceptors (Lipinski definition) is 7. The third-order valence-electron chi connectivity index (χ3n) is 5.73. The fourth-order valence-electron chi connectivity index (χ4n) is 3.99. The lowest BCUT2D eigenvalue weighted by molar-refractivity contribution is -0.384. The molecule has 1 fully saturated rings. The predicted octanol–water partition coefficient (Wildman–Crippen LogP) is 4.32. The van der Waals surface area contributed by atoms with Crippen LogP contribution in [-0.2, 0) is 16.1 Å². The number of amides is 2. The Morgan fingerprint density at radius 1 is 1.20 bits per heavy atom. The Morgan fingerprint density at radius 3 is 2.71 bits per heavy atom. The smallest absolute Gasteiger partial charge is 0.270 e. The third-order valence-corrected chi connectivity index (χ3v) is 6.77. The maximum atomic E-state index is 13.7. The number of nitrogens with zero attached hydrogens (tertiary/aromatic N) is 5. The number of pyridine rings is 1. The summed E-state index contributed by atoms with van der Waals surface area (Å²) in [6, 6.07) is 15.2. The topological polar surface area (TPSA) is 110 Å². The van der Waals surface area contributed by atoms with Crippen LogP contribution in [0.4, 0.5) is 20.9 Å². The number of benzene rings is 2. The normalized spacial score (nSPS) is 15.5. The van der Waals surface area contributed by atoms with Crippen molar-refractivity contribution in [2.24, 2.45) is 5.92 Å². The Bertz CT molecular complexity index is 1430. The molecule has 0 bridgehead atoms. The molecule has 0 saturated carbocycles. The van der Waals surface area contributed by atoms with Gasteiger partial charge in [0.05, 0.1) is 33.3 Å². The van der Waals surface area contributed by atoms with Gasteiger partial charge in [-0.25, -0.2) is 9.37 Å². The van der Waals surface area contributed by atoms with Gasteiger partial charge in [0, 0.05) is 37.0 Å². The maximum absolute atomic E-state index is 13.7. The first kappa shape index (κ1) is 22.5. The van der Waals surface area contributed by atoms with Crippen LogP contribution < -0.4 is 9.80 Å². The number of nitro benzene ring substituents is 1. The molecule has 0 aliphatic carbocycles. The molecule has 0 radical (unpaired) electrons. The van der Waals surface area contributed by atoms with Crippen LogP contribution in [0, 0.1) is 21.8 Å². The Morgan fingerprint density at radius 2 is 2.00 bits per heavy atom. The summed E-state index contributed by atoms with van der Waals surface area (Å²) >= 11 is 1.16. The lowest BCUT2D eigenvalue weighted by Crippen LogP contribution is -2.37. The Balaban J connectivity index is 1.47. The van der Waals surface area contributed by atoms with Crippen molar-refractivity contribution in [3.05, 3.63) is 88.5 Å². The van der Waals surface area contributed by atoms with Gasteiger partial charge >= 0.3 is 0 Å². The van der Waals surface area contributed by atoms with Crippen LogP contribution in [0.15, 0.2) is 66.9 Å². The van der Waals surface area contributed by atoms with E-state index in [0.29, 0.717) is 26.7 Å². The minimum atomic E-state index is -0.641. The highest BCUT2D eigenvalue weighted by Gasteiger charge is 2.38. The summed E-state index contributed by atoms with van der Waals surface area (Å²) in [6.45, 7) is 0.279. The van der Waals surface area contributed by atoms with Gasteiger partial charge in [0.1, 0.15) is 5.82 Å².